The van der Waals surface area contributed by atoms with Crippen LogP contribution in [0.4, 0.5) is 5.82 Å². The molecule has 6 nitrogen and oxygen atoms in total. The minimum Gasteiger partial charge on any atom is -0.427 e. The van der Waals surface area contributed by atoms with E-state index in [2.05, 4.69) is 17.3 Å². The molecule has 2 aromatic heterocycles. The Morgan fingerprint density at radius 2 is 2.15 bits per heavy atom. The molecule has 2 aromatic rings. The summed E-state index contributed by atoms with van der Waals surface area (Å²) in [6.07, 6.45) is 8.12. The van der Waals surface area contributed by atoms with Crippen LogP contribution in [0.25, 0.3) is 0 Å². The first-order valence-corrected chi connectivity index (χ1v) is 9.50. The fourth-order valence-corrected chi connectivity index (χ4v) is 3.76. The van der Waals surface area contributed by atoms with Gasteiger partial charge in [0.2, 0.25) is 0 Å². The van der Waals surface area contributed by atoms with E-state index in [1.54, 1.807) is 19.2 Å². The molecule has 140 valence electrons. The molecule has 1 unspecified atom stereocenters. The number of nitrogens with zero attached hydrogens (tertiary/aromatic N) is 2. The third-order valence-electron chi connectivity index (χ3n) is 5.18. The quantitative estimate of drug-likeness (QED) is 0.830. The van der Waals surface area contributed by atoms with E-state index in [4.69, 9.17) is 4.42 Å². The second-order valence-corrected chi connectivity index (χ2v) is 7.24. The number of nitrogens with one attached hydrogen (secondary N) is 1. The summed E-state index contributed by atoms with van der Waals surface area (Å²) in [5.41, 5.74) is 0.132. The standard InChI is InChI=1S/C20H27N3O3/c1-4-7-13(2)16-12-14(3)18(20(25)26-16)19(24)22-17-10-11-21-23(17)15-8-5-6-9-15/h10-13,15H,4-9H2,1-3H3,(H,22,24). The van der Waals surface area contributed by atoms with Crippen molar-refractivity contribution in [1.29, 1.82) is 0 Å². The largest absolute Gasteiger partial charge is 0.427 e. The molecule has 1 N–H and O–H groups in total. The first-order valence-electron chi connectivity index (χ1n) is 9.50. The van der Waals surface area contributed by atoms with Gasteiger partial charge in [0, 0.05) is 12.0 Å². The molecule has 0 bridgehead atoms. The Morgan fingerprint density at radius 3 is 2.81 bits per heavy atom. The number of amides is 1. The molecule has 1 aliphatic carbocycles. The highest BCUT2D eigenvalue weighted by molar-refractivity contribution is 6.04. The van der Waals surface area contributed by atoms with Gasteiger partial charge in [-0.1, -0.05) is 33.1 Å². The minimum atomic E-state index is -0.576. The van der Waals surface area contributed by atoms with Gasteiger partial charge in [0.15, 0.2) is 0 Å². The summed E-state index contributed by atoms with van der Waals surface area (Å²) in [5, 5.41) is 7.19. The van der Waals surface area contributed by atoms with Crippen molar-refractivity contribution in [2.75, 3.05) is 5.32 Å². The van der Waals surface area contributed by atoms with Gasteiger partial charge >= 0.3 is 5.63 Å². The van der Waals surface area contributed by atoms with E-state index in [1.807, 2.05) is 17.7 Å². The molecule has 3 rings (SSSR count). The highest BCUT2D eigenvalue weighted by Crippen LogP contribution is 2.31. The van der Waals surface area contributed by atoms with E-state index < -0.39 is 11.5 Å². The maximum absolute atomic E-state index is 12.7. The van der Waals surface area contributed by atoms with Crippen molar-refractivity contribution in [2.45, 2.75) is 71.3 Å². The Hall–Kier alpha value is -2.37. The molecular weight excluding hydrogens is 330 g/mol. The number of carbonyl (C=O) groups excluding carboxylic acids is 1. The molecule has 1 atom stereocenters. The van der Waals surface area contributed by atoms with Crippen LogP contribution < -0.4 is 10.9 Å². The zero-order valence-electron chi connectivity index (χ0n) is 15.7. The van der Waals surface area contributed by atoms with Crippen molar-refractivity contribution in [3.8, 4) is 0 Å². The molecule has 0 aromatic carbocycles. The van der Waals surface area contributed by atoms with Gasteiger partial charge in [0.1, 0.15) is 17.1 Å². The average Bonchev–Trinajstić information content (AvgIpc) is 3.25. The van der Waals surface area contributed by atoms with Gasteiger partial charge in [-0.25, -0.2) is 9.48 Å². The topological polar surface area (TPSA) is 77.1 Å². The average molecular weight is 357 g/mol. The van der Waals surface area contributed by atoms with Crippen LogP contribution in [0.3, 0.4) is 0 Å². The lowest BCUT2D eigenvalue weighted by Gasteiger charge is -2.15. The molecule has 6 heteroatoms. The van der Waals surface area contributed by atoms with Crippen LogP contribution in [-0.4, -0.2) is 15.7 Å². The van der Waals surface area contributed by atoms with E-state index in [9.17, 15) is 9.59 Å². The first kappa shape index (κ1) is 18.4. The van der Waals surface area contributed by atoms with E-state index in [0.717, 1.165) is 25.7 Å². The molecule has 0 aliphatic heterocycles. The second-order valence-electron chi connectivity index (χ2n) is 7.24. The van der Waals surface area contributed by atoms with Crippen LogP contribution in [0.5, 0.6) is 0 Å². The summed E-state index contributed by atoms with van der Waals surface area (Å²) in [4.78, 5) is 25.1. The smallest absolute Gasteiger partial charge is 0.349 e. The van der Waals surface area contributed by atoms with Crippen LogP contribution in [0.1, 0.15) is 86.0 Å². The Morgan fingerprint density at radius 1 is 1.42 bits per heavy atom. The fraction of sp³-hybridized carbons (Fsp3) is 0.550. The molecule has 0 saturated heterocycles. The van der Waals surface area contributed by atoms with Gasteiger partial charge in [-0.05, 0) is 37.8 Å². The molecule has 26 heavy (non-hydrogen) atoms. The number of aryl methyl sites for hydroxylation is 1. The molecule has 1 aliphatic rings. The summed E-state index contributed by atoms with van der Waals surface area (Å²) >= 11 is 0. The Bertz CT molecular complexity index is 831. The monoisotopic (exact) mass is 357 g/mol. The van der Waals surface area contributed by atoms with Gasteiger partial charge in [-0.2, -0.15) is 5.10 Å². The van der Waals surface area contributed by atoms with E-state index in [-0.39, 0.29) is 11.5 Å². The van der Waals surface area contributed by atoms with Crippen LogP contribution in [0.15, 0.2) is 27.5 Å². The molecule has 0 spiro atoms. The van der Waals surface area contributed by atoms with Gasteiger partial charge < -0.3 is 9.73 Å². The molecule has 2 heterocycles. The number of aromatic nitrogens is 2. The first-order chi connectivity index (χ1) is 12.5. The SMILES string of the molecule is CCCC(C)c1cc(C)c(C(=O)Nc2ccnn2C2CCCC2)c(=O)o1. The summed E-state index contributed by atoms with van der Waals surface area (Å²) in [6, 6.07) is 3.89. The second kappa shape index (κ2) is 7.89. The zero-order chi connectivity index (χ0) is 18.7. The summed E-state index contributed by atoms with van der Waals surface area (Å²) < 4.78 is 7.30. The lowest BCUT2D eigenvalue weighted by Crippen LogP contribution is -2.25. The normalized spacial score (nSPS) is 16.0. The van der Waals surface area contributed by atoms with Crippen LogP contribution in [0.2, 0.25) is 0 Å². The number of carbonyl (C=O) groups is 1. The van der Waals surface area contributed by atoms with Crippen molar-refractivity contribution >= 4 is 11.7 Å². The molecule has 1 amide bonds. The molecule has 1 saturated carbocycles. The van der Waals surface area contributed by atoms with Gasteiger partial charge in [0.05, 0.1) is 12.2 Å². The van der Waals surface area contributed by atoms with E-state index in [1.165, 1.54) is 12.8 Å². The van der Waals surface area contributed by atoms with Crippen molar-refractivity contribution in [2.24, 2.45) is 0 Å². The Labute approximate surface area is 153 Å². The maximum atomic E-state index is 12.7. The predicted octanol–water partition coefficient (Wildman–Crippen LogP) is 4.42. The van der Waals surface area contributed by atoms with Crippen LogP contribution in [0, 0.1) is 6.92 Å². The minimum absolute atomic E-state index is 0.0663. The van der Waals surface area contributed by atoms with Gasteiger partial charge in [0.25, 0.3) is 5.91 Å². The zero-order valence-corrected chi connectivity index (χ0v) is 15.7. The number of rotatable bonds is 6. The molecule has 1 fully saturated rings. The van der Waals surface area contributed by atoms with Crippen LogP contribution >= 0.6 is 0 Å². The third kappa shape index (κ3) is 3.74. The molecule has 0 radical (unpaired) electrons. The van der Waals surface area contributed by atoms with E-state index >= 15 is 0 Å². The van der Waals surface area contributed by atoms with Crippen molar-refractivity contribution in [3.05, 3.63) is 45.6 Å². The van der Waals surface area contributed by atoms with E-state index in [0.29, 0.717) is 23.2 Å². The Balaban J connectivity index is 1.83. The van der Waals surface area contributed by atoms with Gasteiger partial charge in [-0.3, -0.25) is 4.79 Å². The summed E-state index contributed by atoms with van der Waals surface area (Å²) in [5.74, 6) is 0.990. The van der Waals surface area contributed by atoms with Gasteiger partial charge in [-0.15, -0.1) is 0 Å². The van der Waals surface area contributed by atoms with Crippen molar-refractivity contribution in [3.63, 3.8) is 0 Å². The predicted molar refractivity (Wildman–Crippen MR) is 101 cm³/mol. The summed E-state index contributed by atoms with van der Waals surface area (Å²) in [7, 11) is 0. The maximum Gasteiger partial charge on any atom is 0.349 e. The lowest BCUT2D eigenvalue weighted by atomic mass is 10.0. The molecular formula is C20H27N3O3. The highest BCUT2D eigenvalue weighted by atomic mass is 16.4. The van der Waals surface area contributed by atoms with Crippen molar-refractivity contribution in [1.82, 2.24) is 9.78 Å². The number of hydrogen-bond acceptors (Lipinski definition) is 4. The Kier molecular flexibility index (Phi) is 5.59. The number of anilines is 1. The fourth-order valence-electron chi connectivity index (χ4n) is 3.76. The van der Waals surface area contributed by atoms with Crippen molar-refractivity contribution < 1.29 is 9.21 Å². The third-order valence-corrected chi connectivity index (χ3v) is 5.18. The number of hydrogen-bond donors (Lipinski definition) is 1. The summed E-state index contributed by atoms with van der Waals surface area (Å²) in [6.45, 7) is 5.90. The highest BCUT2D eigenvalue weighted by Gasteiger charge is 2.23. The van der Waals surface area contributed by atoms with Crippen LogP contribution in [-0.2, 0) is 0 Å². The lowest BCUT2D eigenvalue weighted by molar-refractivity contribution is 0.102.